The summed E-state index contributed by atoms with van der Waals surface area (Å²) >= 11 is 0. The Morgan fingerprint density at radius 1 is 1.27 bits per heavy atom. The van der Waals surface area contributed by atoms with Crippen molar-refractivity contribution in [1.82, 2.24) is 19.9 Å². The maximum absolute atomic E-state index is 12.4. The van der Waals surface area contributed by atoms with Gasteiger partial charge in [0.25, 0.3) is 5.91 Å². The molecule has 0 spiro atoms. The third kappa shape index (κ3) is 3.33. The van der Waals surface area contributed by atoms with Gasteiger partial charge in [-0.2, -0.15) is 0 Å². The van der Waals surface area contributed by atoms with Gasteiger partial charge in [-0.25, -0.2) is 4.98 Å². The number of amides is 1. The maximum Gasteiger partial charge on any atom is 0.253 e. The van der Waals surface area contributed by atoms with E-state index < -0.39 is 0 Å². The fourth-order valence-corrected chi connectivity index (χ4v) is 2.82. The summed E-state index contributed by atoms with van der Waals surface area (Å²) in [5.41, 5.74) is 1.40. The molecule has 116 valence electrons. The number of imidazole rings is 1. The monoisotopic (exact) mass is 300 g/mol. The maximum atomic E-state index is 12.4. The summed E-state index contributed by atoms with van der Waals surface area (Å²) in [6.07, 6.45) is 12.7. The molecule has 3 rings (SSSR count). The molecular weight excluding hydrogens is 280 g/mol. The molecule has 2 aromatic rings. The molecule has 22 heavy (non-hydrogen) atoms. The standard InChI is InChI=1S/C16H20N4O2/c1-22-15-4-2-13(3-5-15)19-16(21)12-8-14(10-18-9-12)20-7-6-17-11-20/h6-11,13,15H,2-5H2,1H3,(H,19,21). The predicted molar refractivity (Wildman–Crippen MR) is 81.9 cm³/mol. The first-order valence-corrected chi connectivity index (χ1v) is 7.53. The topological polar surface area (TPSA) is 69.0 Å². The number of aromatic nitrogens is 3. The fourth-order valence-electron chi connectivity index (χ4n) is 2.82. The van der Waals surface area contributed by atoms with Gasteiger partial charge in [0, 0.05) is 31.7 Å². The summed E-state index contributed by atoms with van der Waals surface area (Å²) in [5, 5.41) is 3.09. The molecular formula is C16H20N4O2. The number of hydrogen-bond donors (Lipinski definition) is 1. The lowest BCUT2D eigenvalue weighted by Crippen LogP contribution is -2.39. The van der Waals surface area contributed by atoms with Gasteiger partial charge in [0.1, 0.15) is 0 Å². The number of carbonyl (C=O) groups excluding carboxylic acids is 1. The van der Waals surface area contributed by atoms with Crippen LogP contribution in [0.5, 0.6) is 0 Å². The third-order valence-electron chi connectivity index (χ3n) is 4.13. The Balaban J connectivity index is 1.64. The third-order valence-corrected chi connectivity index (χ3v) is 4.13. The van der Waals surface area contributed by atoms with Gasteiger partial charge in [0.15, 0.2) is 0 Å². The van der Waals surface area contributed by atoms with Crippen LogP contribution in [0.15, 0.2) is 37.2 Å². The molecule has 0 atom stereocenters. The van der Waals surface area contributed by atoms with Crippen molar-refractivity contribution in [3.05, 3.63) is 42.7 Å². The number of nitrogens with zero attached hydrogens (tertiary/aromatic N) is 3. The van der Waals surface area contributed by atoms with Gasteiger partial charge in [-0.3, -0.25) is 9.78 Å². The number of nitrogens with one attached hydrogen (secondary N) is 1. The normalized spacial score (nSPS) is 21.5. The average Bonchev–Trinajstić information content (AvgIpc) is 3.10. The smallest absolute Gasteiger partial charge is 0.253 e. The molecule has 0 saturated heterocycles. The number of rotatable bonds is 4. The van der Waals surface area contributed by atoms with Crippen LogP contribution in [0.3, 0.4) is 0 Å². The molecule has 0 unspecified atom stereocenters. The van der Waals surface area contributed by atoms with E-state index in [-0.39, 0.29) is 11.9 Å². The molecule has 0 aromatic carbocycles. The van der Waals surface area contributed by atoms with E-state index >= 15 is 0 Å². The molecule has 1 amide bonds. The highest BCUT2D eigenvalue weighted by atomic mass is 16.5. The van der Waals surface area contributed by atoms with Crippen molar-refractivity contribution in [2.75, 3.05) is 7.11 Å². The Morgan fingerprint density at radius 3 is 2.77 bits per heavy atom. The minimum absolute atomic E-state index is 0.0738. The van der Waals surface area contributed by atoms with Crippen LogP contribution in [0, 0.1) is 0 Å². The van der Waals surface area contributed by atoms with Crippen LogP contribution in [-0.2, 0) is 4.74 Å². The number of carbonyl (C=O) groups is 1. The second kappa shape index (κ2) is 6.70. The first-order valence-electron chi connectivity index (χ1n) is 7.53. The largest absolute Gasteiger partial charge is 0.381 e. The van der Waals surface area contributed by atoms with Crippen molar-refractivity contribution in [2.45, 2.75) is 37.8 Å². The lowest BCUT2D eigenvalue weighted by Gasteiger charge is -2.28. The van der Waals surface area contributed by atoms with Gasteiger partial charge >= 0.3 is 0 Å². The Bertz CT molecular complexity index is 619. The Kier molecular flexibility index (Phi) is 4.48. The molecule has 0 aliphatic heterocycles. The quantitative estimate of drug-likeness (QED) is 0.937. The van der Waals surface area contributed by atoms with E-state index in [1.165, 1.54) is 0 Å². The highest BCUT2D eigenvalue weighted by Crippen LogP contribution is 2.21. The van der Waals surface area contributed by atoms with Gasteiger partial charge in [-0.15, -0.1) is 0 Å². The lowest BCUT2D eigenvalue weighted by atomic mass is 9.93. The van der Waals surface area contributed by atoms with Gasteiger partial charge in [-0.05, 0) is 31.7 Å². The lowest BCUT2D eigenvalue weighted by molar-refractivity contribution is 0.0599. The predicted octanol–water partition coefficient (Wildman–Crippen LogP) is 1.95. The molecule has 6 heteroatoms. The summed E-state index contributed by atoms with van der Waals surface area (Å²) in [4.78, 5) is 20.5. The van der Waals surface area contributed by atoms with Crippen molar-refractivity contribution in [3.8, 4) is 5.69 Å². The zero-order valence-corrected chi connectivity index (χ0v) is 12.6. The van der Waals surface area contributed by atoms with Crippen molar-refractivity contribution >= 4 is 5.91 Å². The molecule has 6 nitrogen and oxygen atoms in total. The van der Waals surface area contributed by atoms with E-state index in [0.717, 1.165) is 31.4 Å². The van der Waals surface area contributed by atoms with Crippen LogP contribution in [0.1, 0.15) is 36.0 Å². The molecule has 2 heterocycles. The first-order chi connectivity index (χ1) is 10.8. The summed E-state index contributed by atoms with van der Waals surface area (Å²) < 4.78 is 7.18. The number of pyridine rings is 1. The molecule has 1 aliphatic rings. The fraction of sp³-hybridized carbons (Fsp3) is 0.438. The van der Waals surface area contributed by atoms with Crippen LogP contribution in [0.25, 0.3) is 5.69 Å². The van der Waals surface area contributed by atoms with Crippen LogP contribution in [-0.4, -0.2) is 39.7 Å². The zero-order valence-electron chi connectivity index (χ0n) is 12.6. The molecule has 1 aliphatic carbocycles. The van der Waals surface area contributed by atoms with Gasteiger partial charge < -0.3 is 14.6 Å². The summed E-state index contributed by atoms with van der Waals surface area (Å²) in [7, 11) is 1.75. The Labute approximate surface area is 129 Å². The van der Waals surface area contributed by atoms with E-state index in [0.29, 0.717) is 11.7 Å². The highest BCUT2D eigenvalue weighted by Gasteiger charge is 2.22. The van der Waals surface area contributed by atoms with Crippen molar-refractivity contribution in [2.24, 2.45) is 0 Å². The van der Waals surface area contributed by atoms with Crippen LogP contribution in [0.4, 0.5) is 0 Å². The molecule has 2 aromatic heterocycles. The summed E-state index contributed by atoms with van der Waals surface area (Å²) in [6, 6.07) is 2.04. The molecule has 1 fully saturated rings. The van der Waals surface area contributed by atoms with E-state index in [2.05, 4.69) is 15.3 Å². The average molecular weight is 300 g/mol. The van der Waals surface area contributed by atoms with Crippen LogP contribution >= 0.6 is 0 Å². The van der Waals surface area contributed by atoms with Crippen LogP contribution < -0.4 is 5.32 Å². The Hall–Kier alpha value is -2.21. The minimum Gasteiger partial charge on any atom is -0.381 e. The second-order valence-electron chi connectivity index (χ2n) is 5.58. The molecule has 0 radical (unpaired) electrons. The number of ether oxygens (including phenoxy) is 1. The molecule has 1 N–H and O–H groups in total. The number of hydrogen-bond acceptors (Lipinski definition) is 4. The molecule has 0 bridgehead atoms. The number of methoxy groups -OCH3 is 1. The second-order valence-corrected chi connectivity index (χ2v) is 5.58. The van der Waals surface area contributed by atoms with E-state index in [1.807, 2.05) is 16.8 Å². The molecule has 1 saturated carbocycles. The van der Waals surface area contributed by atoms with Crippen LogP contribution in [0.2, 0.25) is 0 Å². The van der Waals surface area contributed by atoms with Gasteiger partial charge in [0.05, 0.1) is 29.9 Å². The summed E-state index contributed by atoms with van der Waals surface area (Å²) in [6.45, 7) is 0. The van der Waals surface area contributed by atoms with E-state index in [4.69, 9.17) is 4.74 Å². The zero-order chi connectivity index (χ0) is 15.4. The highest BCUT2D eigenvalue weighted by molar-refractivity contribution is 5.94. The van der Waals surface area contributed by atoms with E-state index in [1.54, 1.807) is 32.0 Å². The van der Waals surface area contributed by atoms with Gasteiger partial charge in [-0.1, -0.05) is 0 Å². The minimum atomic E-state index is -0.0738. The van der Waals surface area contributed by atoms with Gasteiger partial charge in [0.2, 0.25) is 0 Å². The first kappa shape index (κ1) is 14.7. The Morgan fingerprint density at radius 2 is 2.09 bits per heavy atom. The van der Waals surface area contributed by atoms with Crippen molar-refractivity contribution in [3.63, 3.8) is 0 Å². The van der Waals surface area contributed by atoms with E-state index in [9.17, 15) is 4.79 Å². The SMILES string of the molecule is COC1CCC(NC(=O)c2cncc(-n3ccnc3)c2)CC1. The van der Waals surface area contributed by atoms with Crippen molar-refractivity contribution < 1.29 is 9.53 Å². The van der Waals surface area contributed by atoms with Crippen molar-refractivity contribution in [1.29, 1.82) is 0 Å². The summed E-state index contributed by atoms with van der Waals surface area (Å²) in [5.74, 6) is -0.0738.